The fraction of sp³-hybridized carbons (Fsp3) is 0.538. The Labute approximate surface area is 123 Å². The standard InChI is InChI=1S/C13H21N3O3S/c1-9-10(14)7-11(20-9)13(18)16(5-6-19-4)8-12(17)15(2)3/h7H,5-6,8,14H2,1-4H3. The van der Waals surface area contributed by atoms with Gasteiger partial charge in [0.05, 0.1) is 11.5 Å². The zero-order chi connectivity index (χ0) is 15.3. The summed E-state index contributed by atoms with van der Waals surface area (Å²) in [5.41, 5.74) is 6.37. The molecule has 0 aliphatic carbocycles. The minimum atomic E-state index is -0.193. The SMILES string of the molecule is COCCN(CC(=O)N(C)C)C(=O)c1cc(N)c(C)s1. The Balaban J connectivity index is 2.86. The van der Waals surface area contributed by atoms with Gasteiger partial charge in [-0.1, -0.05) is 0 Å². The number of thiophene rings is 1. The molecule has 6 nitrogen and oxygen atoms in total. The molecule has 1 rings (SSSR count). The van der Waals surface area contributed by atoms with Crippen LogP contribution in [0.15, 0.2) is 6.07 Å². The van der Waals surface area contributed by atoms with Crippen molar-refractivity contribution < 1.29 is 14.3 Å². The number of likely N-dealkylation sites (N-methyl/N-ethyl adjacent to an activating group) is 1. The summed E-state index contributed by atoms with van der Waals surface area (Å²) in [4.78, 5) is 28.6. The third kappa shape index (κ3) is 4.21. The minimum Gasteiger partial charge on any atom is -0.398 e. The number of methoxy groups -OCH3 is 1. The molecule has 0 aliphatic heterocycles. The van der Waals surface area contributed by atoms with E-state index >= 15 is 0 Å². The lowest BCUT2D eigenvalue weighted by atomic mass is 10.3. The summed E-state index contributed by atoms with van der Waals surface area (Å²) in [7, 11) is 4.88. The summed E-state index contributed by atoms with van der Waals surface area (Å²) in [6.45, 7) is 2.64. The predicted octanol–water partition coefficient (Wildman–Crippen LogP) is 0.816. The molecule has 0 aliphatic rings. The van der Waals surface area contributed by atoms with Crippen LogP contribution in [-0.2, 0) is 9.53 Å². The van der Waals surface area contributed by atoms with E-state index in [-0.39, 0.29) is 18.4 Å². The number of aryl methyl sites for hydroxylation is 1. The maximum atomic E-state index is 12.4. The molecule has 20 heavy (non-hydrogen) atoms. The van der Waals surface area contributed by atoms with Gasteiger partial charge in [-0.2, -0.15) is 0 Å². The van der Waals surface area contributed by atoms with Crippen molar-refractivity contribution in [2.24, 2.45) is 0 Å². The van der Waals surface area contributed by atoms with Crippen LogP contribution >= 0.6 is 11.3 Å². The van der Waals surface area contributed by atoms with Gasteiger partial charge in [0.1, 0.15) is 6.54 Å². The van der Waals surface area contributed by atoms with Gasteiger partial charge in [0.25, 0.3) is 5.91 Å². The maximum absolute atomic E-state index is 12.4. The summed E-state index contributed by atoms with van der Waals surface area (Å²) < 4.78 is 4.99. The van der Waals surface area contributed by atoms with E-state index in [0.717, 1.165) is 4.88 Å². The molecule has 1 aromatic heterocycles. The first-order valence-corrected chi connectivity index (χ1v) is 7.02. The van der Waals surface area contributed by atoms with Crippen molar-refractivity contribution in [2.45, 2.75) is 6.92 Å². The second-order valence-electron chi connectivity index (χ2n) is 4.63. The Bertz CT molecular complexity index is 466. The van der Waals surface area contributed by atoms with Gasteiger partial charge in [-0.15, -0.1) is 11.3 Å². The van der Waals surface area contributed by atoms with Crippen molar-refractivity contribution >= 4 is 28.8 Å². The second kappa shape index (κ2) is 7.25. The Hall–Kier alpha value is -1.60. The lowest BCUT2D eigenvalue weighted by Gasteiger charge is -2.23. The number of amides is 2. The van der Waals surface area contributed by atoms with Gasteiger partial charge in [0.2, 0.25) is 5.91 Å². The Morgan fingerprint density at radius 3 is 2.50 bits per heavy atom. The highest BCUT2D eigenvalue weighted by Crippen LogP contribution is 2.24. The normalized spacial score (nSPS) is 10.4. The Morgan fingerprint density at radius 2 is 2.05 bits per heavy atom. The van der Waals surface area contributed by atoms with Crippen LogP contribution in [-0.4, -0.2) is 62.5 Å². The number of nitrogen functional groups attached to an aromatic ring is 1. The average molecular weight is 299 g/mol. The van der Waals surface area contributed by atoms with Crippen LogP contribution < -0.4 is 5.73 Å². The van der Waals surface area contributed by atoms with Gasteiger partial charge in [-0.25, -0.2) is 0 Å². The molecular formula is C13H21N3O3S. The molecule has 1 heterocycles. The summed E-state index contributed by atoms with van der Waals surface area (Å²) in [6.07, 6.45) is 0. The third-order valence-corrected chi connectivity index (χ3v) is 3.90. The maximum Gasteiger partial charge on any atom is 0.264 e. The molecule has 0 bridgehead atoms. The summed E-state index contributed by atoms with van der Waals surface area (Å²) in [6, 6.07) is 1.66. The predicted molar refractivity (Wildman–Crippen MR) is 79.9 cm³/mol. The zero-order valence-corrected chi connectivity index (χ0v) is 13.1. The van der Waals surface area contributed by atoms with Crippen LogP contribution in [0.3, 0.4) is 0 Å². The fourth-order valence-electron chi connectivity index (χ4n) is 1.52. The summed E-state index contributed by atoms with van der Waals surface area (Å²) >= 11 is 1.34. The van der Waals surface area contributed by atoms with E-state index in [1.165, 1.54) is 21.1 Å². The Morgan fingerprint density at radius 1 is 1.40 bits per heavy atom. The van der Waals surface area contributed by atoms with Crippen molar-refractivity contribution in [3.05, 3.63) is 15.8 Å². The number of carbonyl (C=O) groups excluding carboxylic acids is 2. The highest BCUT2D eigenvalue weighted by atomic mass is 32.1. The van der Waals surface area contributed by atoms with E-state index in [1.807, 2.05) is 6.92 Å². The number of hydrogen-bond acceptors (Lipinski definition) is 5. The van der Waals surface area contributed by atoms with E-state index in [2.05, 4.69) is 0 Å². The molecule has 0 fully saturated rings. The number of anilines is 1. The quantitative estimate of drug-likeness (QED) is 0.843. The van der Waals surface area contributed by atoms with Crippen LogP contribution in [0.2, 0.25) is 0 Å². The van der Waals surface area contributed by atoms with Crippen molar-refractivity contribution in [3.63, 3.8) is 0 Å². The topological polar surface area (TPSA) is 75.9 Å². The Kier molecular flexibility index (Phi) is 5.97. The van der Waals surface area contributed by atoms with Crippen molar-refractivity contribution in [2.75, 3.05) is 46.6 Å². The smallest absolute Gasteiger partial charge is 0.264 e. The molecule has 0 unspecified atom stereocenters. The van der Waals surface area contributed by atoms with Crippen molar-refractivity contribution in [1.29, 1.82) is 0 Å². The summed E-state index contributed by atoms with van der Waals surface area (Å²) in [5.74, 6) is -0.322. The first-order chi connectivity index (χ1) is 9.36. The second-order valence-corrected chi connectivity index (χ2v) is 5.89. The van der Waals surface area contributed by atoms with E-state index in [1.54, 1.807) is 27.3 Å². The number of nitrogens with zero attached hydrogens (tertiary/aromatic N) is 2. The van der Waals surface area contributed by atoms with Crippen LogP contribution in [0, 0.1) is 6.92 Å². The van der Waals surface area contributed by atoms with Gasteiger partial charge in [-0.3, -0.25) is 9.59 Å². The summed E-state index contributed by atoms with van der Waals surface area (Å²) in [5, 5.41) is 0. The van der Waals surface area contributed by atoms with Gasteiger partial charge in [-0.05, 0) is 13.0 Å². The lowest BCUT2D eigenvalue weighted by molar-refractivity contribution is -0.129. The van der Waals surface area contributed by atoms with Crippen LogP contribution in [0.25, 0.3) is 0 Å². The number of nitrogens with two attached hydrogens (primary N) is 1. The van der Waals surface area contributed by atoms with Crippen molar-refractivity contribution in [1.82, 2.24) is 9.80 Å². The highest BCUT2D eigenvalue weighted by Gasteiger charge is 2.21. The number of hydrogen-bond donors (Lipinski definition) is 1. The van der Waals surface area contributed by atoms with E-state index < -0.39 is 0 Å². The average Bonchev–Trinajstić information content (AvgIpc) is 2.73. The van der Waals surface area contributed by atoms with Crippen molar-refractivity contribution in [3.8, 4) is 0 Å². The zero-order valence-electron chi connectivity index (χ0n) is 12.3. The molecule has 1 aromatic rings. The molecular weight excluding hydrogens is 278 g/mol. The number of rotatable bonds is 6. The van der Waals surface area contributed by atoms with E-state index in [0.29, 0.717) is 23.7 Å². The van der Waals surface area contributed by atoms with Gasteiger partial charge < -0.3 is 20.3 Å². The molecule has 0 saturated carbocycles. The van der Waals surface area contributed by atoms with Gasteiger partial charge >= 0.3 is 0 Å². The molecule has 2 amide bonds. The van der Waals surface area contributed by atoms with Crippen LogP contribution in [0.4, 0.5) is 5.69 Å². The van der Waals surface area contributed by atoms with Gasteiger partial charge in [0.15, 0.2) is 0 Å². The first kappa shape index (κ1) is 16.5. The number of carbonyl (C=O) groups is 2. The van der Waals surface area contributed by atoms with Crippen LogP contribution in [0.1, 0.15) is 14.5 Å². The molecule has 0 aromatic carbocycles. The van der Waals surface area contributed by atoms with E-state index in [9.17, 15) is 9.59 Å². The largest absolute Gasteiger partial charge is 0.398 e. The first-order valence-electron chi connectivity index (χ1n) is 6.21. The molecule has 0 spiro atoms. The molecule has 0 saturated heterocycles. The number of ether oxygens (including phenoxy) is 1. The van der Waals surface area contributed by atoms with E-state index in [4.69, 9.17) is 10.5 Å². The van der Waals surface area contributed by atoms with Gasteiger partial charge in [0, 0.05) is 38.3 Å². The molecule has 0 atom stereocenters. The molecule has 7 heteroatoms. The fourth-order valence-corrected chi connectivity index (χ4v) is 2.42. The lowest BCUT2D eigenvalue weighted by Crippen LogP contribution is -2.41. The monoisotopic (exact) mass is 299 g/mol. The molecule has 112 valence electrons. The highest BCUT2D eigenvalue weighted by molar-refractivity contribution is 7.14. The third-order valence-electron chi connectivity index (χ3n) is 2.84. The molecule has 0 radical (unpaired) electrons. The minimum absolute atomic E-state index is 0.0338. The van der Waals surface area contributed by atoms with Crippen LogP contribution in [0.5, 0.6) is 0 Å². The molecule has 2 N–H and O–H groups in total.